The van der Waals surface area contributed by atoms with Gasteiger partial charge in [-0.1, -0.05) is 12.2 Å². The number of nitriles is 1. The van der Waals surface area contributed by atoms with Gasteiger partial charge in [-0.2, -0.15) is 5.26 Å². The molecule has 7 nitrogen and oxygen atoms in total. The highest BCUT2D eigenvalue weighted by Crippen LogP contribution is 2.36. The number of aliphatic hydroxyl groups excluding tert-OH is 1. The lowest BCUT2D eigenvalue weighted by Gasteiger charge is -2.33. The van der Waals surface area contributed by atoms with Gasteiger partial charge in [0.25, 0.3) is 0 Å². The van der Waals surface area contributed by atoms with E-state index in [9.17, 15) is 20.3 Å². The highest BCUT2D eigenvalue weighted by Gasteiger charge is 2.50. The minimum atomic E-state index is -1.21. The van der Waals surface area contributed by atoms with Crippen LogP contribution in [0.2, 0.25) is 0 Å². The van der Waals surface area contributed by atoms with Crippen LogP contribution in [0.4, 0.5) is 4.79 Å². The molecule has 122 valence electrons. The smallest absolute Gasteiger partial charge is 0.408 e. The predicted molar refractivity (Wildman–Crippen MR) is 76.9 cm³/mol. The largest absolute Gasteiger partial charge is 0.465 e. The average molecular weight is 310 g/mol. The first-order valence-corrected chi connectivity index (χ1v) is 7.34. The molecule has 0 bridgehead atoms. The molecule has 2 fully saturated rings. The first-order chi connectivity index (χ1) is 10.3. The first kappa shape index (κ1) is 16.7. The summed E-state index contributed by atoms with van der Waals surface area (Å²) in [6.45, 7) is 5.50. The van der Waals surface area contributed by atoms with E-state index >= 15 is 0 Å². The van der Waals surface area contributed by atoms with E-state index in [-0.39, 0.29) is 12.5 Å². The Morgan fingerprint density at radius 2 is 2.23 bits per heavy atom. The number of allylic oxidation sites excluding steroid dienone is 1. The van der Waals surface area contributed by atoms with Gasteiger partial charge in [-0.3, -0.25) is 4.90 Å². The number of hydrogen-bond donors (Lipinski definition) is 2. The Morgan fingerprint density at radius 3 is 2.68 bits per heavy atom. The second kappa shape index (κ2) is 6.24. The number of nitrogens with zero attached hydrogens (tertiary/aromatic N) is 2. The van der Waals surface area contributed by atoms with Crippen LogP contribution >= 0.6 is 0 Å². The summed E-state index contributed by atoms with van der Waals surface area (Å²) >= 11 is 0. The summed E-state index contributed by atoms with van der Waals surface area (Å²) in [4.78, 5) is 12.6. The summed E-state index contributed by atoms with van der Waals surface area (Å²) in [6.07, 6.45) is 1.12. The maximum Gasteiger partial charge on any atom is 0.408 e. The second-order valence-corrected chi connectivity index (χ2v) is 6.11. The monoisotopic (exact) mass is 310 g/mol. The number of amides is 1. The van der Waals surface area contributed by atoms with Gasteiger partial charge in [0.05, 0.1) is 18.7 Å². The lowest BCUT2D eigenvalue weighted by molar-refractivity contribution is -0.156. The SMILES string of the molecule is CC=C[C@@H]1C[C@H](C#N)N(C(=O)O)[C@H]1[C@H](O)[C@H]1COC(C)(C)O1. The van der Waals surface area contributed by atoms with Crippen molar-refractivity contribution >= 4 is 6.09 Å². The number of rotatable bonds is 3. The van der Waals surface area contributed by atoms with Crippen LogP contribution in [0.25, 0.3) is 0 Å². The van der Waals surface area contributed by atoms with Crippen molar-refractivity contribution in [2.75, 3.05) is 6.61 Å². The molecule has 2 N–H and O–H groups in total. The molecule has 7 heteroatoms. The van der Waals surface area contributed by atoms with Crippen molar-refractivity contribution in [3.8, 4) is 6.07 Å². The molecular formula is C15H22N2O5. The third-order valence-electron chi connectivity index (χ3n) is 4.16. The molecule has 0 aromatic rings. The normalized spacial score (nSPS) is 35.7. The predicted octanol–water partition coefficient (Wildman–Crippen LogP) is 1.34. The molecule has 0 aliphatic carbocycles. The number of aliphatic hydroxyl groups is 1. The maximum atomic E-state index is 11.5. The third kappa shape index (κ3) is 3.09. The molecule has 2 heterocycles. The Kier molecular flexibility index (Phi) is 4.75. The topological polar surface area (TPSA) is 103 Å². The zero-order chi connectivity index (χ0) is 16.5. The third-order valence-corrected chi connectivity index (χ3v) is 4.16. The number of hydrogen-bond acceptors (Lipinski definition) is 5. The Labute approximate surface area is 129 Å². The van der Waals surface area contributed by atoms with Gasteiger partial charge in [-0.15, -0.1) is 0 Å². The fraction of sp³-hybridized carbons (Fsp3) is 0.733. The fourth-order valence-corrected chi connectivity index (χ4v) is 3.26. The van der Waals surface area contributed by atoms with E-state index in [1.807, 2.05) is 19.1 Å². The summed E-state index contributed by atoms with van der Waals surface area (Å²) in [5, 5.41) is 29.3. The summed E-state index contributed by atoms with van der Waals surface area (Å²) in [6, 6.07) is 0.512. The van der Waals surface area contributed by atoms with E-state index in [2.05, 4.69) is 0 Å². The maximum absolute atomic E-state index is 11.5. The molecule has 0 unspecified atom stereocenters. The molecule has 2 aliphatic heterocycles. The molecule has 0 saturated carbocycles. The molecule has 22 heavy (non-hydrogen) atoms. The molecule has 0 radical (unpaired) electrons. The Hall–Kier alpha value is -1.62. The van der Waals surface area contributed by atoms with Crippen molar-refractivity contribution in [2.24, 2.45) is 5.92 Å². The lowest BCUT2D eigenvalue weighted by Crippen LogP contribution is -2.52. The van der Waals surface area contributed by atoms with E-state index in [4.69, 9.17) is 9.47 Å². The van der Waals surface area contributed by atoms with E-state index in [0.717, 1.165) is 4.90 Å². The van der Waals surface area contributed by atoms with Gasteiger partial charge in [0.2, 0.25) is 0 Å². The quantitative estimate of drug-likeness (QED) is 0.762. The molecule has 1 amide bonds. The van der Waals surface area contributed by atoms with Crippen molar-refractivity contribution in [1.29, 1.82) is 5.26 Å². The van der Waals surface area contributed by atoms with Gasteiger partial charge in [0.15, 0.2) is 5.79 Å². The standard InChI is InChI=1S/C15H22N2O5/c1-4-5-9-6-10(7-16)17(14(19)20)12(9)13(18)11-8-21-15(2,3)22-11/h4-5,9-13,18H,6,8H2,1-3H3,(H,19,20)/t9-,10-,11-,12-,13-/m1/s1. The molecular weight excluding hydrogens is 288 g/mol. The highest BCUT2D eigenvalue weighted by atomic mass is 16.7. The number of ether oxygens (including phenoxy) is 2. The minimum Gasteiger partial charge on any atom is -0.465 e. The van der Waals surface area contributed by atoms with Crippen LogP contribution in [0, 0.1) is 17.2 Å². The van der Waals surface area contributed by atoms with Gasteiger partial charge in [-0.25, -0.2) is 4.79 Å². The van der Waals surface area contributed by atoms with Gasteiger partial charge in [0, 0.05) is 5.92 Å². The van der Waals surface area contributed by atoms with Crippen LogP contribution < -0.4 is 0 Å². The minimum absolute atomic E-state index is 0.192. The van der Waals surface area contributed by atoms with Crippen LogP contribution in [0.15, 0.2) is 12.2 Å². The van der Waals surface area contributed by atoms with Crippen LogP contribution in [0.3, 0.4) is 0 Å². The summed E-state index contributed by atoms with van der Waals surface area (Å²) in [7, 11) is 0. The second-order valence-electron chi connectivity index (χ2n) is 6.11. The van der Waals surface area contributed by atoms with Crippen molar-refractivity contribution < 1.29 is 24.5 Å². The Balaban J connectivity index is 2.26. The van der Waals surface area contributed by atoms with Crippen molar-refractivity contribution in [1.82, 2.24) is 4.90 Å². The summed E-state index contributed by atoms with van der Waals surface area (Å²) < 4.78 is 11.1. The van der Waals surface area contributed by atoms with Gasteiger partial charge in [0.1, 0.15) is 18.2 Å². The van der Waals surface area contributed by atoms with Gasteiger partial charge >= 0.3 is 6.09 Å². The van der Waals surface area contributed by atoms with Gasteiger partial charge < -0.3 is 19.7 Å². The van der Waals surface area contributed by atoms with Gasteiger partial charge in [-0.05, 0) is 27.2 Å². The summed E-state index contributed by atoms with van der Waals surface area (Å²) in [5.74, 6) is -1.03. The number of carbonyl (C=O) groups is 1. The molecule has 5 atom stereocenters. The van der Waals surface area contributed by atoms with Crippen molar-refractivity contribution in [3.05, 3.63) is 12.2 Å². The zero-order valence-electron chi connectivity index (χ0n) is 13.0. The van der Waals surface area contributed by atoms with E-state index in [1.165, 1.54) is 0 Å². The van der Waals surface area contributed by atoms with Crippen LogP contribution in [-0.4, -0.2) is 57.9 Å². The van der Waals surface area contributed by atoms with Crippen molar-refractivity contribution in [2.45, 2.75) is 57.3 Å². The van der Waals surface area contributed by atoms with E-state index in [1.54, 1.807) is 19.9 Å². The average Bonchev–Trinajstić information content (AvgIpc) is 2.98. The molecule has 0 spiro atoms. The van der Waals surface area contributed by atoms with E-state index < -0.39 is 36.2 Å². The Morgan fingerprint density at radius 1 is 1.55 bits per heavy atom. The lowest BCUT2D eigenvalue weighted by atomic mass is 9.92. The zero-order valence-corrected chi connectivity index (χ0v) is 13.0. The van der Waals surface area contributed by atoms with Crippen LogP contribution in [0.5, 0.6) is 0 Å². The van der Waals surface area contributed by atoms with Crippen molar-refractivity contribution in [3.63, 3.8) is 0 Å². The number of likely N-dealkylation sites (tertiary alicyclic amines) is 1. The summed E-state index contributed by atoms with van der Waals surface area (Å²) in [5.41, 5.74) is 0. The molecule has 0 aromatic heterocycles. The van der Waals surface area contributed by atoms with Crippen LogP contribution in [-0.2, 0) is 9.47 Å². The van der Waals surface area contributed by atoms with E-state index in [0.29, 0.717) is 6.42 Å². The molecule has 0 aromatic carbocycles. The Bertz CT molecular complexity index is 499. The fourth-order valence-electron chi connectivity index (χ4n) is 3.26. The first-order valence-electron chi connectivity index (χ1n) is 7.34. The highest BCUT2D eigenvalue weighted by molar-refractivity contribution is 5.67. The molecule has 2 rings (SSSR count). The molecule has 2 saturated heterocycles. The molecule has 2 aliphatic rings. The van der Waals surface area contributed by atoms with Crippen LogP contribution in [0.1, 0.15) is 27.2 Å². The number of carboxylic acid groups (broad SMARTS) is 1.